The predicted molar refractivity (Wildman–Crippen MR) is 88.0 cm³/mol. The zero-order chi connectivity index (χ0) is 16.1. The fraction of sp³-hybridized carbons (Fsp3) is 0.588. The Bertz CT molecular complexity index is 525. The van der Waals surface area contributed by atoms with Gasteiger partial charge in [0.2, 0.25) is 5.91 Å². The minimum atomic E-state index is 0.238. The van der Waals surface area contributed by atoms with E-state index in [1.54, 1.807) is 7.11 Å². The summed E-state index contributed by atoms with van der Waals surface area (Å²) in [5.74, 6) is 1.97. The SMILES string of the molecule is CCOc1cc(C2CCN(C(=O)CC)CC2)cc(OC)c1Cl. The highest BCUT2D eigenvalue weighted by Crippen LogP contribution is 2.40. The quantitative estimate of drug-likeness (QED) is 0.825. The van der Waals surface area contributed by atoms with Crippen LogP contribution in [0.2, 0.25) is 5.02 Å². The van der Waals surface area contributed by atoms with Gasteiger partial charge in [-0.2, -0.15) is 0 Å². The van der Waals surface area contributed by atoms with Crippen molar-refractivity contribution in [1.82, 2.24) is 4.90 Å². The van der Waals surface area contributed by atoms with Crippen LogP contribution in [0.3, 0.4) is 0 Å². The topological polar surface area (TPSA) is 38.8 Å². The molecule has 1 aliphatic heterocycles. The molecule has 1 fully saturated rings. The van der Waals surface area contributed by atoms with Crippen LogP contribution in [0.1, 0.15) is 44.6 Å². The Kier molecular flexibility index (Phi) is 5.95. The average molecular weight is 326 g/mol. The first-order chi connectivity index (χ1) is 10.6. The Morgan fingerprint density at radius 2 is 1.91 bits per heavy atom. The van der Waals surface area contributed by atoms with Gasteiger partial charge in [0.25, 0.3) is 0 Å². The number of ether oxygens (including phenoxy) is 2. The molecule has 0 unspecified atom stereocenters. The minimum absolute atomic E-state index is 0.238. The van der Waals surface area contributed by atoms with Gasteiger partial charge >= 0.3 is 0 Å². The van der Waals surface area contributed by atoms with Crippen LogP contribution in [0.4, 0.5) is 0 Å². The van der Waals surface area contributed by atoms with E-state index in [1.165, 1.54) is 5.56 Å². The molecule has 0 bridgehead atoms. The molecule has 1 amide bonds. The molecule has 0 atom stereocenters. The van der Waals surface area contributed by atoms with E-state index in [0.29, 0.717) is 35.5 Å². The van der Waals surface area contributed by atoms with E-state index in [2.05, 4.69) is 0 Å². The third-order valence-corrected chi connectivity index (χ3v) is 4.54. The van der Waals surface area contributed by atoms with Crippen molar-refractivity contribution in [1.29, 1.82) is 0 Å². The molecule has 5 heteroatoms. The summed E-state index contributed by atoms with van der Waals surface area (Å²) in [6.07, 6.45) is 2.50. The first-order valence-electron chi connectivity index (χ1n) is 7.88. The molecule has 1 aliphatic rings. The van der Waals surface area contributed by atoms with Crippen LogP contribution in [0.15, 0.2) is 12.1 Å². The maximum atomic E-state index is 11.8. The number of hydrogen-bond acceptors (Lipinski definition) is 3. The number of hydrogen-bond donors (Lipinski definition) is 0. The van der Waals surface area contributed by atoms with Gasteiger partial charge in [-0.1, -0.05) is 18.5 Å². The number of rotatable bonds is 5. The third kappa shape index (κ3) is 3.67. The average Bonchev–Trinajstić information content (AvgIpc) is 2.56. The van der Waals surface area contributed by atoms with Crippen LogP contribution in [-0.4, -0.2) is 37.6 Å². The molecule has 0 aromatic heterocycles. The molecule has 1 aromatic rings. The second kappa shape index (κ2) is 7.73. The van der Waals surface area contributed by atoms with Crippen molar-refractivity contribution in [2.24, 2.45) is 0 Å². The normalized spacial score (nSPS) is 15.7. The van der Waals surface area contributed by atoms with Gasteiger partial charge in [0.05, 0.1) is 13.7 Å². The number of carbonyl (C=O) groups excluding carboxylic acids is 1. The van der Waals surface area contributed by atoms with Gasteiger partial charge < -0.3 is 14.4 Å². The molecule has 0 radical (unpaired) electrons. The summed E-state index contributed by atoms with van der Waals surface area (Å²) in [5, 5.41) is 0.520. The molecule has 4 nitrogen and oxygen atoms in total. The van der Waals surface area contributed by atoms with Crippen LogP contribution >= 0.6 is 11.6 Å². The molecule has 1 aromatic carbocycles. The molecular formula is C17H24ClNO3. The summed E-state index contributed by atoms with van der Waals surface area (Å²) in [5.41, 5.74) is 1.17. The standard InChI is InChI=1S/C17H24ClNO3/c1-4-16(20)19-8-6-12(7-9-19)13-10-14(21-3)17(18)15(11-13)22-5-2/h10-12H,4-9H2,1-3H3. The first-order valence-corrected chi connectivity index (χ1v) is 8.26. The highest BCUT2D eigenvalue weighted by molar-refractivity contribution is 6.33. The molecule has 1 heterocycles. The number of benzene rings is 1. The van der Waals surface area contributed by atoms with E-state index < -0.39 is 0 Å². The highest BCUT2D eigenvalue weighted by Gasteiger charge is 2.24. The molecule has 0 aliphatic carbocycles. The van der Waals surface area contributed by atoms with Crippen LogP contribution < -0.4 is 9.47 Å². The summed E-state index contributed by atoms with van der Waals surface area (Å²) in [7, 11) is 1.61. The number of carbonyl (C=O) groups is 1. The number of nitrogens with zero attached hydrogens (tertiary/aromatic N) is 1. The van der Waals surface area contributed by atoms with Crippen LogP contribution in [-0.2, 0) is 4.79 Å². The molecular weight excluding hydrogens is 302 g/mol. The zero-order valence-electron chi connectivity index (χ0n) is 13.5. The van der Waals surface area contributed by atoms with E-state index in [-0.39, 0.29) is 5.91 Å². The van der Waals surface area contributed by atoms with Crippen molar-refractivity contribution >= 4 is 17.5 Å². The summed E-state index contributed by atoms with van der Waals surface area (Å²) >= 11 is 6.28. The van der Waals surface area contributed by atoms with Crippen LogP contribution in [0.25, 0.3) is 0 Å². The summed E-state index contributed by atoms with van der Waals surface area (Å²) < 4.78 is 11.0. The number of piperidine rings is 1. The van der Waals surface area contributed by atoms with Crippen LogP contribution in [0, 0.1) is 0 Å². The molecule has 0 N–H and O–H groups in total. The van der Waals surface area contributed by atoms with Crippen molar-refractivity contribution in [2.75, 3.05) is 26.8 Å². The van der Waals surface area contributed by atoms with Gasteiger partial charge in [-0.25, -0.2) is 0 Å². The lowest BCUT2D eigenvalue weighted by Crippen LogP contribution is -2.37. The van der Waals surface area contributed by atoms with Gasteiger partial charge in [-0.05, 0) is 43.4 Å². The maximum Gasteiger partial charge on any atom is 0.222 e. The van der Waals surface area contributed by atoms with E-state index in [1.807, 2.05) is 30.9 Å². The summed E-state index contributed by atoms with van der Waals surface area (Å²) in [6.45, 7) is 6.03. The fourth-order valence-corrected chi connectivity index (χ4v) is 3.16. The lowest BCUT2D eigenvalue weighted by atomic mass is 9.89. The van der Waals surface area contributed by atoms with Crippen LogP contribution in [0.5, 0.6) is 11.5 Å². The largest absolute Gasteiger partial charge is 0.495 e. The third-order valence-electron chi connectivity index (χ3n) is 4.17. The highest BCUT2D eigenvalue weighted by atomic mass is 35.5. The summed E-state index contributed by atoms with van der Waals surface area (Å²) in [6, 6.07) is 4.00. The lowest BCUT2D eigenvalue weighted by Gasteiger charge is -2.32. The number of halogens is 1. The number of methoxy groups -OCH3 is 1. The Morgan fingerprint density at radius 3 is 2.45 bits per heavy atom. The minimum Gasteiger partial charge on any atom is -0.495 e. The monoisotopic (exact) mass is 325 g/mol. The second-order valence-electron chi connectivity index (χ2n) is 5.48. The van der Waals surface area contributed by atoms with Gasteiger partial charge in [0.15, 0.2) is 0 Å². The van der Waals surface area contributed by atoms with Crippen molar-refractivity contribution in [3.63, 3.8) is 0 Å². The molecule has 1 saturated heterocycles. The van der Waals surface area contributed by atoms with Crippen molar-refractivity contribution in [2.45, 2.75) is 39.0 Å². The van der Waals surface area contributed by atoms with E-state index in [0.717, 1.165) is 25.9 Å². The van der Waals surface area contributed by atoms with E-state index in [4.69, 9.17) is 21.1 Å². The number of amides is 1. The smallest absolute Gasteiger partial charge is 0.222 e. The van der Waals surface area contributed by atoms with E-state index in [9.17, 15) is 4.79 Å². The molecule has 122 valence electrons. The van der Waals surface area contributed by atoms with Gasteiger partial charge in [0.1, 0.15) is 16.5 Å². The molecule has 22 heavy (non-hydrogen) atoms. The maximum absolute atomic E-state index is 11.8. The zero-order valence-corrected chi connectivity index (χ0v) is 14.3. The van der Waals surface area contributed by atoms with Crippen molar-refractivity contribution < 1.29 is 14.3 Å². The summed E-state index contributed by atoms with van der Waals surface area (Å²) in [4.78, 5) is 13.7. The van der Waals surface area contributed by atoms with Crippen molar-refractivity contribution in [3.05, 3.63) is 22.7 Å². The fourth-order valence-electron chi connectivity index (χ4n) is 2.92. The lowest BCUT2D eigenvalue weighted by molar-refractivity contribution is -0.131. The Hall–Kier alpha value is -1.42. The molecule has 0 spiro atoms. The van der Waals surface area contributed by atoms with Gasteiger partial charge in [-0.15, -0.1) is 0 Å². The Balaban J connectivity index is 2.16. The molecule has 2 rings (SSSR count). The Labute approximate surface area is 137 Å². The Morgan fingerprint density at radius 1 is 1.27 bits per heavy atom. The number of likely N-dealkylation sites (tertiary alicyclic amines) is 1. The molecule has 0 saturated carbocycles. The van der Waals surface area contributed by atoms with Crippen molar-refractivity contribution in [3.8, 4) is 11.5 Å². The van der Waals surface area contributed by atoms with Gasteiger partial charge in [0, 0.05) is 19.5 Å². The predicted octanol–water partition coefficient (Wildman–Crippen LogP) is 3.86. The first kappa shape index (κ1) is 16.9. The second-order valence-corrected chi connectivity index (χ2v) is 5.85. The van der Waals surface area contributed by atoms with Gasteiger partial charge in [-0.3, -0.25) is 4.79 Å². The van der Waals surface area contributed by atoms with E-state index >= 15 is 0 Å².